The van der Waals surface area contributed by atoms with E-state index < -0.39 is 0 Å². The van der Waals surface area contributed by atoms with Gasteiger partial charge < -0.3 is 10.7 Å². The molecule has 90 valence electrons. The van der Waals surface area contributed by atoms with Gasteiger partial charge in [-0.3, -0.25) is 0 Å². The van der Waals surface area contributed by atoms with E-state index in [0.29, 0.717) is 12.5 Å². The maximum atomic E-state index is 5.56. The molecule has 3 heteroatoms. The van der Waals surface area contributed by atoms with Crippen LogP contribution in [-0.2, 0) is 6.42 Å². The molecule has 1 aromatic rings. The van der Waals surface area contributed by atoms with Crippen molar-refractivity contribution in [3.05, 3.63) is 17.2 Å². The third-order valence-corrected chi connectivity index (χ3v) is 3.59. The molecule has 0 aromatic carbocycles. The third kappa shape index (κ3) is 2.64. The Bertz CT molecular complexity index is 322. The number of H-pyrrole nitrogens is 1. The van der Waals surface area contributed by atoms with Crippen LogP contribution in [-0.4, -0.2) is 16.5 Å². The number of aromatic amines is 1. The number of imidazole rings is 1. The normalized spacial score (nSPS) is 18.6. The zero-order valence-corrected chi connectivity index (χ0v) is 10.3. The van der Waals surface area contributed by atoms with E-state index in [1.165, 1.54) is 49.9 Å². The summed E-state index contributed by atoms with van der Waals surface area (Å²) < 4.78 is 0. The molecule has 0 bridgehead atoms. The lowest BCUT2D eigenvalue weighted by molar-refractivity contribution is 0.576. The number of hydrogen-bond donors (Lipinski definition) is 2. The zero-order valence-electron chi connectivity index (χ0n) is 10.3. The van der Waals surface area contributed by atoms with Gasteiger partial charge in [0.2, 0.25) is 0 Å². The van der Waals surface area contributed by atoms with E-state index in [2.05, 4.69) is 11.9 Å². The van der Waals surface area contributed by atoms with Crippen molar-refractivity contribution in [1.82, 2.24) is 9.97 Å². The summed E-state index contributed by atoms with van der Waals surface area (Å²) in [6.45, 7) is 2.82. The zero-order chi connectivity index (χ0) is 11.4. The molecule has 0 amide bonds. The molecular formula is C13H23N3. The monoisotopic (exact) mass is 221 g/mol. The minimum Gasteiger partial charge on any atom is -0.346 e. The molecule has 16 heavy (non-hydrogen) atoms. The molecule has 0 saturated heterocycles. The van der Waals surface area contributed by atoms with Gasteiger partial charge in [-0.1, -0.05) is 25.7 Å². The molecule has 2 rings (SSSR count). The Morgan fingerprint density at radius 2 is 1.94 bits per heavy atom. The van der Waals surface area contributed by atoms with Crippen molar-refractivity contribution in [3.63, 3.8) is 0 Å². The number of nitrogens with two attached hydrogens (primary N) is 1. The lowest BCUT2D eigenvalue weighted by Crippen LogP contribution is -2.04. The van der Waals surface area contributed by atoms with Gasteiger partial charge in [0, 0.05) is 18.0 Å². The lowest BCUT2D eigenvalue weighted by Gasteiger charge is -2.11. The van der Waals surface area contributed by atoms with Crippen LogP contribution in [0, 0.1) is 6.92 Å². The van der Waals surface area contributed by atoms with E-state index in [4.69, 9.17) is 10.7 Å². The molecule has 3 N–H and O–H groups in total. The van der Waals surface area contributed by atoms with E-state index in [1.807, 2.05) is 0 Å². The molecule has 0 atom stereocenters. The van der Waals surface area contributed by atoms with Crippen molar-refractivity contribution < 1.29 is 0 Å². The van der Waals surface area contributed by atoms with Crippen LogP contribution >= 0.6 is 0 Å². The van der Waals surface area contributed by atoms with Gasteiger partial charge >= 0.3 is 0 Å². The van der Waals surface area contributed by atoms with Crippen molar-refractivity contribution in [3.8, 4) is 0 Å². The highest BCUT2D eigenvalue weighted by Crippen LogP contribution is 2.32. The quantitative estimate of drug-likeness (QED) is 0.771. The van der Waals surface area contributed by atoms with Crippen molar-refractivity contribution >= 4 is 0 Å². The van der Waals surface area contributed by atoms with Gasteiger partial charge in [0.25, 0.3) is 0 Å². The van der Waals surface area contributed by atoms with Gasteiger partial charge in [-0.25, -0.2) is 4.98 Å². The highest BCUT2D eigenvalue weighted by atomic mass is 14.9. The van der Waals surface area contributed by atoms with Crippen LogP contribution in [0.2, 0.25) is 0 Å². The van der Waals surface area contributed by atoms with Crippen molar-refractivity contribution in [1.29, 1.82) is 0 Å². The number of aromatic nitrogens is 2. The summed E-state index contributed by atoms with van der Waals surface area (Å²) in [6.07, 6.45) is 9.02. The standard InChI is InChI=1S/C13H23N3/c1-10-13(16-12(15-10)8-9-14)11-6-4-2-3-5-7-11/h11H,2-9,14H2,1H3,(H,15,16). The van der Waals surface area contributed by atoms with E-state index in [1.54, 1.807) is 0 Å². The smallest absolute Gasteiger partial charge is 0.107 e. The van der Waals surface area contributed by atoms with Gasteiger partial charge in [-0.2, -0.15) is 0 Å². The van der Waals surface area contributed by atoms with Crippen LogP contribution in [0.5, 0.6) is 0 Å². The Labute approximate surface area is 97.8 Å². The molecule has 0 unspecified atom stereocenters. The van der Waals surface area contributed by atoms with Gasteiger partial charge in [0.1, 0.15) is 5.82 Å². The number of hydrogen-bond acceptors (Lipinski definition) is 2. The Hall–Kier alpha value is -0.830. The fourth-order valence-corrected chi connectivity index (χ4v) is 2.74. The molecule has 1 saturated carbocycles. The first-order chi connectivity index (χ1) is 7.81. The summed E-state index contributed by atoms with van der Waals surface area (Å²) in [7, 11) is 0. The average molecular weight is 221 g/mol. The Morgan fingerprint density at radius 1 is 1.25 bits per heavy atom. The van der Waals surface area contributed by atoms with E-state index in [-0.39, 0.29) is 0 Å². The predicted molar refractivity (Wildman–Crippen MR) is 66.5 cm³/mol. The highest BCUT2D eigenvalue weighted by molar-refractivity contribution is 5.18. The fourth-order valence-electron chi connectivity index (χ4n) is 2.74. The molecule has 0 aliphatic heterocycles. The van der Waals surface area contributed by atoms with Crippen LogP contribution in [0.15, 0.2) is 0 Å². The molecule has 1 aliphatic carbocycles. The summed E-state index contributed by atoms with van der Waals surface area (Å²) in [5.74, 6) is 1.75. The van der Waals surface area contributed by atoms with Gasteiger partial charge in [-0.15, -0.1) is 0 Å². The number of nitrogens with one attached hydrogen (secondary N) is 1. The third-order valence-electron chi connectivity index (χ3n) is 3.59. The largest absolute Gasteiger partial charge is 0.346 e. The predicted octanol–water partition coefficient (Wildman–Crippen LogP) is 2.66. The summed E-state index contributed by atoms with van der Waals surface area (Å²) in [5, 5.41) is 0. The fraction of sp³-hybridized carbons (Fsp3) is 0.769. The van der Waals surface area contributed by atoms with E-state index in [0.717, 1.165) is 12.2 Å². The molecule has 1 aliphatic rings. The SMILES string of the molecule is Cc1[nH]c(CCN)nc1C1CCCCCC1. The first kappa shape index (κ1) is 11.6. The summed E-state index contributed by atoms with van der Waals surface area (Å²) >= 11 is 0. The maximum absolute atomic E-state index is 5.56. The number of nitrogens with zero attached hydrogens (tertiary/aromatic N) is 1. The van der Waals surface area contributed by atoms with Crippen LogP contribution in [0.1, 0.15) is 61.7 Å². The second kappa shape index (κ2) is 5.48. The van der Waals surface area contributed by atoms with Crippen molar-refractivity contribution in [2.24, 2.45) is 5.73 Å². The van der Waals surface area contributed by atoms with Gasteiger partial charge in [0.05, 0.1) is 5.69 Å². The number of rotatable bonds is 3. The first-order valence-electron chi connectivity index (χ1n) is 6.56. The molecule has 0 radical (unpaired) electrons. The lowest BCUT2D eigenvalue weighted by atomic mass is 9.95. The van der Waals surface area contributed by atoms with E-state index in [9.17, 15) is 0 Å². The molecule has 1 fully saturated rings. The number of aryl methyl sites for hydroxylation is 1. The van der Waals surface area contributed by atoms with E-state index >= 15 is 0 Å². The van der Waals surface area contributed by atoms with Crippen LogP contribution in [0.3, 0.4) is 0 Å². The summed E-state index contributed by atoms with van der Waals surface area (Å²) in [6, 6.07) is 0. The second-order valence-corrected chi connectivity index (χ2v) is 4.92. The van der Waals surface area contributed by atoms with Gasteiger partial charge in [0.15, 0.2) is 0 Å². The molecular weight excluding hydrogens is 198 g/mol. The van der Waals surface area contributed by atoms with Crippen molar-refractivity contribution in [2.75, 3.05) is 6.54 Å². The summed E-state index contributed by atoms with van der Waals surface area (Å²) in [4.78, 5) is 8.10. The van der Waals surface area contributed by atoms with Gasteiger partial charge in [-0.05, 0) is 26.3 Å². The first-order valence-corrected chi connectivity index (χ1v) is 6.56. The Balaban J connectivity index is 2.11. The molecule has 1 heterocycles. The minimum absolute atomic E-state index is 0.678. The van der Waals surface area contributed by atoms with Crippen LogP contribution in [0.4, 0.5) is 0 Å². The van der Waals surface area contributed by atoms with Crippen molar-refractivity contribution in [2.45, 2.75) is 57.8 Å². The Kier molecular flexibility index (Phi) is 3.99. The van der Waals surface area contributed by atoms with Crippen LogP contribution < -0.4 is 5.73 Å². The average Bonchev–Trinajstić information content (AvgIpc) is 2.52. The Morgan fingerprint density at radius 3 is 2.56 bits per heavy atom. The molecule has 3 nitrogen and oxygen atoms in total. The summed E-state index contributed by atoms with van der Waals surface area (Å²) in [5.41, 5.74) is 8.13. The molecule has 0 spiro atoms. The maximum Gasteiger partial charge on any atom is 0.107 e. The van der Waals surface area contributed by atoms with Crippen LogP contribution in [0.25, 0.3) is 0 Å². The molecule has 1 aromatic heterocycles. The minimum atomic E-state index is 0.678. The topological polar surface area (TPSA) is 54.7 Å². The highest BCUT2D eigenvalue weighted by Gasteiger charge is 2.19. The second-order valence-electron chi connectivity index (χ2n) is 4.92.